The molecule has 32 heavy (non-hydrogen) atoms. The molecule has 190 valence electrons. The molecule has 0 unspecified atom stereocenters. The lowest BCUT2D eigenvalue weighted by atomic mass is 9.98. The van der Waals surface area contributed by atoms with Gasteiger partial charge in [-0.25, -0.2) is 4.79 Å². The van der Waals surface area contributed by atoms with E-state index in [2.05, 4.69) is 6.92 Å². The highest BCUT2D eigenvalue weighted by molar-refractivity contribution is 5.79. The number of carboxylic acids is 1. The van der Waals surface area contributed by atoms with Crippen LogP contribution in [0.25, 0.3) is 0 Å². The number of aliphatic hydroxyl groups is 4. The number of rotatable bonds is 23. The van der Waals surface area contributed by atoms with Crippen molar-refractivity contribution in [2.24, 2.45) is 0 Å². The van der Waals surface area contributed by atoms with E-state index in [0.717, 1.165) is 18.9 Å². The Labute approximate surface area is 195 Å². The van der Waals surface area contributed by atoms with Crippen LogP contribution in [-0.4, -0.2) is 55.9 Å². The fourth-order valence-corrected chi connectivity index (χ4v) is 4.07. The molecule has 0 fully saturated rings. The summed E-state index contributed by atoms with van der Waals surface area (Å²) < 4.78 is 0. The number of aliphatic hydroxyl groups excluding tert-OH is 4. The van der Waals surface area contributed by atoms with E-state index in [0.29, 0.717) is 6.42 Å². The number of carbonyl (C=O) groups is 1. The normalized spacial score (nSPS) is 15.7. The van der Waals surface area contributed by atoms with Crippen LogP contribution in [0.1, 0.15) is 122 Å². The largest absolute Gasteiger partial charge is 0.478 e. The molecule has 6 nitrogen and oxygen atoms in total. The zero-order chi connectivity index (χ0) is 24.0. The highest BCUT2D eigenvalue weighted by Gasteiger charge is 2.18. The van der Waals surface area contributed by atoms with Crippen LogP contribution in [0.3, 0.4) is 0 Å². The van der Waals surface area contributed by atoms with E-state index < -0.39 is 30.4 Å². The van der Waals surface area contributed by atoms with Gasteiger partial charge in [0.2, 0.25) is 0 Å². The topological polar surface area (TPSA) is 118 Å². The van der Waals surface area contributed by atoms with Crippen molar-refractivity contribution in [1.82, 2.24) is 0 Å². The standard InChI is InChI=1S/C26H50O6/c1-2-3-4-5-6-7-8-9-10-11-12-13-14-16-22(27)19-24(29)21-25(30)20-23(28)17-15-18-26(31)32/h15,18,22-25,27-30H,2-14,16-17,19-21H2,1H3,(H,31,32)/t22-,23+,24-,25+/m0/s1. The zero-order valence-electron chi connectivity index (χ0n) is 20.3. The maximum atomic E-state index is 10.4. The summed E-state index contributed by atoms with van der Waals surface area (Å²) in [6.45, 7) is 2.25. The number of hydrogen-bond acceptors (Lipinski definition) is 5. The van der Waals surface area contributed by atoms with Crippen LogP contribution in [-0.2, 0) is 4.79 Å². The van der Waals surface area contributed by atoms with Crippen LogP contribution in [0.4, 0.5) is 0 Å². The maximum absolute atomic E-state index is 10.4. The molecule has 0 amide bonds. The van der Waals surface area contributed by atoms with Gasteiger partial charge in [-0.2, -0.15) is 0 Å². The van der Waals surface area contributed by atoms with E-state index in [-0.39, 0.29) is 25.7 Å². The second kappa shape index (κ2) is 21.9. The quantitative estimate of drug-likeness (QED) is 0.107. The molecule has 0 radical (unpaired) electrons. The van der Waals surface area contributed by atoms with E-state index in [4.69, 9.17) is 5.11 Å². The van der Waals surface area contributed by atoms with Crippen molar-refractivity contribution >= 4 is 5.97 Å². The fraction of sp³-hybridized carbons (Fsp3) is 0.885. The Morgan fingerprint density at radius 2 is 1.03 bits per heavy atom. The molecular formula is C26H50O6. The molecule has 0 spiro atoms. The first-order valence-electron chi connectivity index (χ1n) is 13.0. The van der Waals surface area contributed by atoms with Gasteiger partial charge in [-0.1, -0.05) is 96.5 Å². The number of aliphatic carboxylic acids is 1. The van der Waals surface area contributed by atoms with Crippen LogP contribution in [0.2, 0.25) is 0 Å². The SMILES string of the molecule is CCCCCCCCCCCCCCC[C@H](O)C[C@H](O)C[C@H](O)C[C@H](O)CC=CC(=O)O. The molecule has 0 bridgehead atoms. The first-order chi connectivity index (χ1) is 15.3. The zero-order valence-corrected chi connectivity index (χ0v) is 20.3. The average molecular weight is 459 g/mol. The molecule has 0 aliphatic carbocycles. The van der Waals surface area contributed by atoms with Crippen molar-refractivity contribution < 1.29 is 30.3 Å². The molecule has 0 heterocycles. The van der Waals surface area contributed by atoms with Gasteiger partial charge in [-0.15, -0.1) is 0 Å². The van der Waals surface area contributed by atoms with Gasteiger partial charge >= 0.3 is 5.97 Å². The first kappa shape index (κ1) is 31.0. The second-order valence-electron chi connectivity index (χ2n) is 9.33. The second-order valence-corrected chi connectivity index (χ2v) is 9.33. The summed E-state index contributed by atoms with van der Waals surface area (Å²) in [6, 6.07) is 0. The Kier molecular flexibility index (Phi) is 21.2. The van der Waals surface area contributed by atoms with Gasteiger partial charge in [-0.05, 0) is 32.1 Å². The Morgan fingerprint density at radius 1 is 0.625 bits per heavy atom. The van der Waals surface area contributed by atoms with Crippen LogP contribution in [0, 0.1) is 0 Å². The minimum absolute atomic E-state index is 0.0654. The van der Waals surface area contributed by atoms with Crippen molar-refractivity contribution in [3.05, 3.63) is 12.2 Å². The van der Waals surface area contributed by atoms with E-state index in [1.165, 1.54) is 76.7 Å². The van der Waals surface area contributed by atoms with E-state index in [9.17, 15) is 25.2 Å². The molecule has 0 aliphatic rings. The summed E-state index contributed by atoms with van der Waals surface area (Å²) in [6.07, 6.45) is 17.0. The molecule has 0 rings (SSSR count). The third kappa shape index (κ3) is 22.3. The van der Waals surface area contributed by atoms with Crippen molar-refractivity contribution in [2.75, 3.05) is 0 Å². The van der Waals surface area contributed by atoms with Gasteiger partial charge in [0, 0.05) is 6.08 Å². The number of carboxylic acid groups (broad SMARTS) is 1. The van der Waals surface area contributed by atoms with Crippen LogP contribution in [0.15, 0.2) is 12.2 Å². The van der Waals surface area contributed by atoms with E-state index >= 15 is 0 Å². The molecule has 4 atom stereocenters. The van der Waals surface area contributed by atoms with Gasteiger partial charge in [-0.3, -0.25) is 0 Å². The predicted octanol–water partition coefficient (Wildman–Crippen LogP) is 5.11. The van der Waals surface area contributed by atoms with E-state index in [1.807, 2.05) is 0 Å². The van der Waals surface area contributed by atoms with Gasteiger partial charge < -0.3 is 25.5 Å². The third-order valence-corrected chi connectivity index (χ3v) is 5.94. The molecule has 0 aromatic carbocycles. The van der Waals surface area contributed by atoms with Crippen LogP contribution >= 0.6 is 0 Å². The monoisotopic (exact) mass is 458 g/mol. The van der Waals surface area contributed by atoms with Crippen LogP contribution in [0.5, 0.6) is 0 Å². The lowest BCUT2D eigenvalue weighted by Gasteiger charge is -2.20. The third-order valence-electron chi connectivity index (χ3n) is 5.94. The lowest BCUT2D eigenvalue weighted by molar-refractivity contribution is -0.131. The summed E-state index contributed by atoms with van der Waals surface area (Å²) in [5.41, 5.74) is 0. The smallest absolute Gasteiger partial charge is 0.327 e. The number of unbranched alkanes of at least 4 members (excludes halogenated alkanes) is 12. The Hall–Kier alpha value is -0.950. The fourth-order valence-electron chi connectivity index (χ4n) is 4.07. The first-order valence-corrected chi connectivity index (χ1v) is 13.0. The maximum Gasteiger partial charge on any atom is 0.327 e. The Bertz CT molecular complexity index is 454. The summed E-state index contributed by atoms with van der Waals surface area (Å²) in [4.78, 5) is 10.4. The highest BCUT2D eigenvalue weighted by atomic mass is 16.4. The van der Waals surface area contributed by atoms with Crippen molar-refractivity contribution in [1.29, 1.82) is 0 Å². The Morgan fingerprint density at radius 3 is 1.50 bits per heavy atom. The van der Waals surface area contributed by atoms with Gasteiger partial charge in [0.25, 0.3) is 0 Å². The van der Waals surface area contributed by atoms with Crippen molar-refractivity contribution in [3.8, 4) is 0 Å². The molecule has 0 aliphatic heterocycles. The van der Waals surface area contributed by atoms with Crippen molar-refractivity contribution in [2.45, 2.75) is 147 Å². The van der Waals surface area contributed by atoms with Gasteiger partial charge in [0.05, 0.1) is 24.4 Å². The van der Waals surface area contributed by atoms with Crippen molar-refractivity contribution in [3.63, 3.8) is 0 Å². The summed E-state index contributed by atoms with van der Waals surface area (Å²) in [7, 11) is 0. The molecule has 0 saturated carbocycles. The molecule has 0 aromatic heterocycles. The summed E-state index contributed by atoms with van der Waals surface area (Å²) >= 11 is 0. The molecule has 5 N–H and O–H groups in total. The Balaban J connectivity index is 3.58. The molecule has 6 heteroatoms. The summed E-state index contributed by atoms with van der Waals surface area (Å²) in [5.74, 6) is -1.08. The lowest BCUT2D eigenvalue weighted by Crippen LogP contribution is -2.25. The number of hydrogen-bond donors (Lipinski definition) is 5. The van der Waals surface area contributed by atoms with Crippen LogP contribution < -0.4 is 0 Å². The molecular weight excluding hydrogens is 408 g/mol. The van der Waals surface area contributed by atoms with Gasteiger partial charge in [0.15, 0.2) is 0 Å². The van der Waals surface area contributed by atoms with E-state index in [1.54, 1.807) is 0 Å². The molecule has 0 saturated heterocycles. The predicted molar refractivity (Wildman–Crippen MR) is 130 cm³/mol. The van der Waals surface area contributed by atoms with Gasteiger partial charge in [0.1, 0.15) is 0 Å². The molecule has 0 aromatic rings. The summed E-state index contributed by atoms with van der Waals surface area (Å²) in [5, 5.41) is 48.4. The minimum Gasteiger partial charge on any atom is -0.478 e. The highest BCUT2D eigenvalue weighted by Crippen LogP contribution is 2.16. The average Bonchev–Trinajstić information content (AvgIpc) is 2.70. The minimum atomic E-state index is -1.08.